The van der Waals surface area contributed by atoms with Gasteiger partial charge in [-0.3, -0.25) is 0 Å². The van der Waals surface area contributed by atoms with E-state index in [0.29, 0.717) is 18.2 Å². The molecule has 0 amide bonds. The standard InChI is InChI=1S/C7H8ClN7/c1-4-2-5(11-7(8)10-4)9-3-6-12-14-15-13-6/h2H,3H2,1H3,(H,9,10,11)(H,12,13,14,15). The SMILES string of the molecule is Cc1cc(NCc2nn[nH]n2)nc(Cl)n1. The third-order valence-electron chi connectivity index (χ3n) is 1.64. The van der Waals surface area contributed by atoms with Crippen molar-refractivity contribution in [3.8, 4) is 0 Å². The van der Waals surface area contributed by atoms with E-state index >= 15 is 0 Å². The Hall–Kier alpha value is -1.76. The summed E-state index contributed by atoms with van der Waals surface area (Å²) in [5, 5.41) is 16.6. The lowest BCUT2D eigenvalue weighted by Gasteiger charge is -2.03. The number of halogens is 1. The molecule has 15 heavy (non-hydrogen) atoms. The molecule has 8 heteroatoms. The quantitative estimate of drug-likeness (QED) is 0.742. The second-order valence-corrected chi connectivity index (χ2v) is 3.18. The van der Waals surface area contributed by atoms with Gasteiger partial charge < -0.3 is 5.32 Å². The van der Waals surface area contributed by atoms with E-state index in [9.17, 15) is 0 Å². The summed E-state index contributed by atoms with van der Waals surface area (Å²) in [6.45, 7) is 2.27. The summed E-state index contributed by atoms with van der Waals surface area (Å²) < 4.78 is 0. The molecule has 0 saturated carbocycles. The van der Waals surface area contributed by atoms with Crippen LogP contribution in [0, 0.1) is 6.92 Å². The van der Waals surface area contributed by atoms with E-state index in [1.54, 1.807) is 6.07 Å². The number of aromatic amines is 1. The van der Waals surface area contributed by atoms with Gasteiger partial charge in [0.05, 0.1) is 6.54 Å². The number of aromatic nitrogens is 6. The van der Waals surface area contributed by atoms with Crippen molar-refractivity contribution >= 4 is 17.4 Å². The Bertz CT molecular complexity index is 420. The summed E-state index contributed by atoms with van der Waals surface area (Å²) >= 11 is 5.70. The first-order valence-corrected chi connectivity index (χ1v) is 4.59. The fraction of sp³-hybridized carbons (Fsp3) is 0.286. The lowest BCUT2D eigenvalue weighted by Crippen LogP contribution is -2.04. The van der Waals surface area contributed by atoms with Crippen LogP contribution in [-0.4, -0.2) is 30.6 Å². The maximum absolute atomic E-state index is 5.70. The Morgan fingerprint density at radius 3 is 3.00 bits per heavy atom. The summed E-state index contributed by atoms with van der Waals surface area (Å²) in [5.74, 6) is 1.19. The molecule has 2 heterocycles. The highest BCUT2D eigenvalue weighted by molar-refractivity contribution is 6.28. The number of hydrogen-bond acceptors (Lipinski definition) is 6. The normalized spacial score (nSPS) is 10.3. The number of nitrogens with one attached hydrogen (secondary N) is 2. The maximum Gasteiger partial charge on any atom is 0.224 e. The molecule has 2 N–H and O–H groups in total. The third-order valence-corrected chi connectivity index (χ3v) is 1.81. The molecule has 0 bridgehead atoms. The van der Waals surface area contributed by atoms with Crippen LogP contribution < -0.4 is 5.32 Å². The van der Waals surface area contributed by atoms with E-state index in [0.717, 1.165) is 5.69 Å². The minimum Gasteiger partial charge on any atom is -0.362 e. The molecule has 2 aromatic rings. The number of rotatable bonds is 3. The van der Waals surface area contributed by atoms with Crippen molar-refractivity contribution in [2.24, 2.45) is 0 Å². The Labute approximate surface area is 90.3 Å². The van der Waals surface area contributed by atoms with Crippen molar-refractivity contribution in [1.29, 1.82) is 0 Å². The molecule has 0 unspecified atom stereocenters. The van der Waals surface area contributed by atoms with Gasteiger partial charge >= 0.3 is 0 Å². The number of H-pyrrole nitrogens is 1. The molecule has 0 aromatic carbocycles. The highest BCUT2D eigenvalue weighted by atomic mass is 35.5. The van der Waals surface area contributed by atoms with Gasteiger partial charge in [-0.2, -0.15) is 5.21 Å². The van der Waals surface area contributed by atoms with Crippen molar-refractivity contribution in [1.82, 2.24) is 30.6 Å². The second kappa shape index (κ2) is 4.18. The van der Waals surface area contributed by atoms with E-state index in [-0.39, 0.29) is 5.28 Å². The average molecular weight is 226 g/mol. The van der Waals surface area contributed by atoms with E-state index in [4.69, 9.17) is 11.6 Å². The minimum absolute atomic E-state index is 0.214. The predicted molar refractivity (Wildman–Crippen MR) is 53.3 cm³/mol. The Morgan fingerprint density at radius 1 is 1.47 bits per heavy atom. The zero-order chi connectivity index (χ0) is 10.7. The summed E-state index contributed by atoms with van der Waals surface area (Å²) in [7, 11) is 0. The molecule has 0 saturated heterocycles. The van der Waals surface area contributed by atoms with Crippen LogP contribution in [0.2, 0.25) is 5.28 Å². The van der Waals surface area contributed by atoms with Gasteiger partial charge in [-0.25, -0.2) is 9.97 Å². The molecule has 0 radical (unpaired) electrons. The van der Waals surface area contributed by atoms with Crippen LogP contribution in [0.25, 0.3) is 0 Å². The zero-order valence-electron chi connectivity index (χ0n) is 7.90. The van der Waals surface area contributed by atoms with Crippen molar-refractivity contribution in [2.45, 2.75) is 13.5 Å². The van der Waals surface area contributed by atoms with Gasteiger partial charge in [-0.05, 0) is 18.5 Å². The molecule has 0 aliphatic heterocycles. The molecule has 0 atom stereocenters. The molecule has 2 rings (SSSR count). The monoisotopic (exact) mass is 225 g/mol. The van der Waals surface area contributed by atoms with Gasteiger partial charge in [0.25, 0.3) is 0 Å². The van der Waals surface area contributed by atoms with Gasteiger partial charge in [0.15, 0.2) is 5.82 Å². The van der Waals surface area contributed by atoms with Gasteiger partial charge in [-0.1, -0.05) is 5.21 Å². The fourth-order valence-electron chi connectivity index (χ4n) is 1.05. The molecule has 78 valence electrons. The molecule has 7 nitrogen and oxygen atoms in total. The lowest BCUT2D eigenvalue weighted by atomic mass is 10.4. The van der Waals surface area contributed by atoms with E-state index < -0.39 is 0 Å². The summed E-state index contributed by atoms with van der Waals surface area (Å²) in [6.07, 6.45) is 0. The van der Waals surface area contributed by atoms with Crippen molar-refractivity contribution in [3.05, 3.63) is 22.9 Å². The number of tetrazole rings is 1. The lowest BCUT2D eigenvalue weighted by molar-refractivity contribution is 0.881. The Kier molecular flexibility index (Phi) is 2.72. The van der Waals surface area contributed by atoms with Gasteiger partial charge in [0.1, 0.15) is 5.82 Å². The summed E-state index contributed by atoms with van der Waals surface area (Å²) in [4.78, 5) is 7.93. The van der Waals surface area contributed by atoms with Crippen LogP contribution in [-0.2, 0) is 6.54 Å². The summed E-state index contributed by atoms with van der Waals surface area (Å²) in [5.41, 5.74) is 0.797. The fourth-order valence-corrected chi connectivity index (χ4v) is 1.27. The summed E-state index contributed by atoms with van der Waals surface area (Å²) in [6, 6.07) is 1.78. The number of hydrogen-bond donors (Lipinski definition) is 2. The first-order chi connectivity index (χ1) is 7.24. The third kappa shape index (κ3) is 2.59. The average Bonchev–Trinajstić information content (AvgIpc) is 2.65. The molecule has 0 aliphatic rings. The smallest absolute Gasteiger partial charge is 0.224 e. The zero-order valence-corrected chi connectivity index (χ0v) is 8.65. The highest BCUT2D eigenvalue weighted by Gasteiger charge is 2.01. The molecular weight excluding hydrogens is 218 g/mol. The number of anilines is 1. The number of aryl methyl sites for hydroxylation is 1. The predicted octanol–water partition coefficient (Wildman–Crippen LogP) is 0.564. The molecule has 2 aromatic heterocycles. The minimum atomic E-state index is 0.214. The van der Waals surface area contributed by atoms with Crippen molar-refractivity contribution < 1.29 is 0 Å². The van der Waals surface area contributed by atoms with Crippen LogP contribution in [0.1, 0.15) is 11.5 Å². The Morgan fingerprint density at radius 2 is 2.33 bits per heavy atom. The van der Waals surface area contributed by atoms with Gasteiger partial charge in [0.2, 0.25) is 5.28 Å². The van der Waals surface area contributed by atoms with Gasteiger partial charge in [0, 0.05) is 11.8 Å². The second-order valence-electron chi connectivity index (χ2n) is 2.85. The molecule has 0 aliphatic carbocycles. The van der Waals surface area contributed by atoms with E-state index in [2.05, 4.69) is 35.9 Å². The van der Waals surface area contributed by atoms with E-state index in [1.165, 1.54) is 0 Å². The van der Waals surface area contributed by atoms with Crippen LogP contribution >= 0.6 is 11.6 Å². The molecule has 0 spiro atoms. The maximum atomic E-state index is 5.70. The largest absolute Gasteiger partial charge is 0.362 e. The molecule has 0 fully saturated rings. The first kappa shape index (κ1) is 9.78. The van der Waals surface area contributed by atoms with Crippen molar-refractivity contribution in [3.63, 3.8) is 0 Å². The van der Waals surface area contributed by atoms with E-state index in [1.807, 2.05) is 6.92 Å². The van der Waals surface area contributed by atoms with Crippen LogP contribution in [0.4, 0.5) is 5.82 Å². The van der Waals surface area contributed by atoms with Crippen LogP contribution in [0.15, 0.2) is 6.07 Å². The molecular formula is C7H8ClN7. The topological polar surface area (TPSA) is 92.3 Å². The number of nitrogens with zero attached hydrogens (tertiary/aromatic N) is 5. The van der Waals surface area contributed by atoms with Crippen molar-refractivity contribution in [2.75, 3.05) is 5.32 Å². The highest BCUT2D eigenvalue weighted by Crippen LogP contribution is 2.09. The van der Waals surface area contributed by atoms with Crippen LogP contribution in [0.5, 0.6) is 0 Å². The van der Waals surface area contributed by atoms with Crippen LogP contribution in [0.3, 0.4) is 0 Å². The Balaban J connectivity index is 2.05. The van der Waals surface area contributed by atoms with Gasteiger partial charge in [-0.15, -0.1) is 10.2 Å². The first-order valence-electron chi connectivity index (χ1n) is 4.21.